The minimum atomic E-state index is -0.955. The summed E-state index contributed by atoms with van der Waals surface area (Å²) >= 11 is 0. The first-order valence-corrected chi connectivity index (χ1v) is 8.44. The van der Waals surface area contributed by atoms with Crippen molar-refractivity contribution in [1.29, 1.82) is 0 Å². The van der Waals surface area contributed by atoms with E-state index in [2.05, 4.69) is 24.5 Å². The lowest BCUT2D eigenvalue weighted by atomic mass is 9.84. The lowest BCUT2D eigenvalue weighted by Gasteiger charge is -2.28. The van der Waals surface area contributed by atoms with E-state index in [0.29, 0.717) is 13.0 Å². The van der Waals surface area contributed by atoms with Crippen molar-refractivity contribution in [1.82, 2.24) is 15.5 Å². The number of hydrogen-bond donors (Lipinski definition) is 2. The van der Waals surface area contributed by atoms with Crippen molar-refractivity contribution >= 4 is 17.8 Å². The number of carbonyl (C=O) groups is 3. The lowest BCUT2D eigenvalue weighted by molar-refractivity contribution is -0.133. The van der Waals surface area contributed by atoms with Crippen LogP contribution in [-0.4, -0.2) is 41.4 Å². The van der Waals surface area contributed by atoms with Gasteiger partial charge in [0.05, 0.1) is 12.5 Å². The molecule has 4 amide bonds. The quantitative estimate of drug-likeness (QED) is 0.824. The van der Waals surface area contributed by atoms with Gasteiger partial charge in [0.15, 0.2) is 0 Å². The number of likely N-dealkylation sites (tertiary alicyclic amines) is 1. The predicted octanol–water partition coefficient (Wildman–Crippen LogP) is 1.63. The van der Waals surface area contributed by atoms with Gasteiger partial charge in [0.25, 0.3) is 5.91 Å². The zero-order valence-electron chi connectivity index (χ0n) is 14.0. The first kappa shape index (κ1) is 16.5. The Morgan fingerprint density at radius 1 is 1.29 bits per heavy atom. The van der Waals surface area contributed by atoms with Crippen LogP contribution >= 0.6 is 0 Å². The van der Waals surface area contributed by atoms with E-state index in [1.807, 2.05) is 30.3 Å². The summed E-state index contributed by atoms with van der Waals surface area (Å²) in [5.41, 5.74) is 0.0430. The summed E-state index contributed by atoms with van der Waals surface area (Å²) in [6.45, 7) is 4.87. The molecule has 2 aliphatic heterocycles. The highest BCUT2D eigenvalue weighted by atomic mass is 16.2. The molecule has 3 atom stereocenters. The van der Waals surface area contributed by atoms with Gasteiger partial charge in [0.2, 0.25) is 5.91 Å². The van der Waals surface area contributed by atoms with Crippen molar-refractivity contribution in [3.63, 3.8) is 0 Å². The van der Waals surface area contributed by atoms with Crippen LogP contribution in [0.2, 0.25) is 0 Å². The van der Waals surface area contributed by atoms with Crippen LogP contribution in [0.1, 0.15) is 38.2 Å². The number of urea groups is 1. The number of benzene rings is 1. The molecule has 6 heteroatoms. The van der Waals surface area contributed by atoms with Gasteiger partial charge in [-0.3, -0.25) is 14.9 Å². The SMILES string of the molecule is CC[C@H](C)[C@H](C(=O)N1CC[C@@]2(C1)NC(=O)NC2=O)c1ccccc1. The lowest BCUT2D eigenvalue weighted by Crippen LogP contribution is -2.50. The van der Waals surface area contributed by atoms with E-state index < -0.39 is 11.6 Å². The summed E-state index contributed by atoms with van der Waals surface area (Å²) in [4.78, 5) is 38.4. The smallest absolute Gasteiger partial charge is 0.322 e. The highest BCUT2D eigenvalue weighted by Gasteiger charge is 2.52. The molecule has 0 aliphatic carbocycles. The maximum absolute atomic E-state index is 13.2. The monoisotopic (exact) mass is 329 g/mol. The van der Waals surface area contributed by atoms with Crippen LogP contribution < -0.4 is 10.6 Å². The molecular weight excluding hydrogens is 306 g/mol. The number of amides is 4. The average Bonchev–Trinajstić information content (AvgIpc) is 3.12. The van der Waals surface area contributed by atoms with Gasteiger partial charge in [-0.1, -0.05) is 50.6 Å². The normalized spacial score (nSPS) is 25.5. The summed E-state index contributed by atoms with van der Waals surface area (Å²) in [6, 6.07) is 9.29. The summed E-state index contributed by atoms with van der Waals surface area (Å²) in [5, 5.41) is 4.97. The minimum absolute atomic E-state index is 0.0290. The maximum Gasteiger partial charge on any atom is 0.322 e. The van der Waals surface area contributed by atoms with E-state index in [0.717, 1.165) is 12.0 Å². The molecule has 1 spiro atoms. The fourth-order valence-electron chi connectivity index (χ4n) is 3.62. The van der Waals surface area contributed by atoms with Crippen molar-refractivity contribution < 1.29 is 14.4 Å². The molecule has 2 heterocycles. The number of rotatable bonds is 4. The van der Waals surface area contributed by atoms with Crippen LogP contribution in [0.25, 0.3) is 0 Å². The average molecular weight is 329 g/mol. The Morgan fingerprint density at radius 3 is 2.58 bits per heavy atom. The summed E-state index contributed by atoms with van der Waals surface area (Å²) in [7, 11) is 0. The highest BCUT2D eigenvalue weighted by Crippen LogP contribution is 2.33. The zero-order chi connectivity index (χ0) is 17.3. The molecule has 2 fully saturated rings. The number of carbonyl (C=O) groups excluding carboxylic acids is 3. The highest BCUT2D eigenvalue weighted by molar-refractivity contribution is 6.07. The Labute approximate surface area is 141 Å². The Hall–Kier alpha value is -2.37. The number of nitrogens with one attached hydrogen (secondary N) is 2. The van der Waals surface area contributed by atoms with Crippen molar-refractivity contribution in [3.8, 4) is 0 Å². The van der Waals surface area contributed by atoms with Crippen molar-refractivity contribution in [3.05, 3.63) is 35.9 Å². The van der Waals surface area contributed by atoms with Gasteiger partial charge in [-0.25, -0.2) is 4.79 Å². The molecular formula is C18H23N3O3. The number of imide groups is 1. The largest absolute Gasteiger partial charge is 0.339 e. The Bertz CT molecular complexity index is 661. The molecule has 0 unspecified atom stereocenters. The fraction of sp³-hybridized carbons (Fsp3) is 0.500. The van der Waals surface area contributed by atoms with Crippen LogP contribution in [0.4, 0.5) is 4.79 Å². The topological polar surface area (TPSA) is 78.5 Å². The third-order valence-electron chi connectivity index (χ3n) is 5.23. The second kappa shape index (κ2) is 6.26. The third-order valence-corrected chi connectivity index (χ3v) is 5.23. The minimum Gasteiger partial charge on any atom is -0.339 e. The van der Waals surface area contributed by atoms with Crippen LogP contribution in [0.3, 0.4) is 0 Å². The Balaban J connectivity index is 1.82. The van der Waals surface area contributed by atoms with Gasteiger partial charge in [0, 0.05) is 6.54 Å². The first-order valence-electron chi connectivity index (χ1n) is 8.44. The summed E-state index contributed by atoms with van der Waals surface area (Å²) in [6.07, 6.45) is 1.35. The van der Waals surface area contributed by atoms with Crippen molar-refractivity contribution in [2.45, 2.75) is 38.1 Å². The summed E-state index contributed by atoms with van der Waals surface area (Å²) < 4.78 is 0. The first-order chi connectivity index (χ1) is 11.5. The van der Waals surface area contributed by atoms with E-state index in [1.165, 1.54) is 0 Å². The van der Waals surface area contributed by atoms with E-state index in [-0.39, 0.29) is 30.2 Å². The van der Waals surface area contributed by atoms with E-state index >= 15 is 0 Å². The standard InChI is InChI=1S/C18H23N3O3/c1-3-12(2)14(13-7-5-4-6-8-13)15(22)21-10-9-18(11-21)16(23)19-17(24)20-18/h4-8,12,14H,3,9-11H2,1-2H3,(H2,19,20,23,24)/t12-,14-,18-/m0/s1. The van der Waals surface area contributed by atoms with Crippen LogP contribution in [-0.2, 0) is 9.59 Å². The molecule has 0 aromatic heterocycles. The van der Waals surface area contributed by atoms with Gasteiger partial charge >= 0.3 is 6.03 Å². The van der Waals surface area contributed by atoms with Gasteiger partial charge in [-0.15, -0.1) is 0 Å². The molecule has 24 heavy (non-hydrogen) atoms. The Morgan fingerprint density at radius 2 is 2.00 bits per heavy atom. The van der Waals surface area contributed by atoms with Crippen LogP contribution in [0.5, 0.6) is 0 Å². The predicted molar refractivity (Wildman–Crippen MR) is 89.2 cm³/mol. The fourth-order valence-corrected chi connectivity index (χ4v) is 3.62. The second-order valence-electron chi connectivity index (χ2n) is 6.77. The second-order valence-corrected chi connectivity index (χ2v) is 6.77. The van der Waals surface area contributed by atoms with E-state index in [9.17, 15) is 14.4 Å². The molecule has 1 aromatic rings. The summed E-state index contributed by atoms with van der Waals surface area (Å²) in [5.74, 6) is -0.334. The zero-order valence-corrected chi connectivity index (χ0v) is 14.0. The molecule has 2 N–H and O–H groups in total. The maximum atomic E-state index is 13.2. The van der Waals surface area contributed by atoms with Gasteiger partial charge in [-0.2, -0.15) is 0 Å². The third kappa shape index (κ3) is 2.77. The van der Waals surface area contributed by atoms with Gasteiger partial charge in [0.1, 0.15) is 5.54 Å². The van der Waals surface area contributed by atoms with E-state index in [4.69, 9.17) is 0 Å². The van der Waals surface area contributed by atoms with Gasteiger partial charge in [-0.05, 0) is 17.9 Å². The van der Waals surface area contributed by atoms with Crippen LogP contribution in [0.15, 0.2) is 30.3 Å². The van der Waals surface area contributed by atoms with Gasteiger partial charge < -0.3 is 10.2 Å². The Kier molecular flexibility index (Phi) is 4.30. The molecule has 0 saturated carbocycles. The van der Waals surface area contributed by atoms with Crippen molar-refractivity contribution in [2.24, 2.45) is 5.92 Å². The van der Waals surface area contributed by atoms with Crippen LogP contribution in [0, 0.1) is 5.92 Å². The molecule has 2 aliphatic rings. The molecule has 0 radical (unpaired) electrons. The molecule has 0 bridgehead atoms. The van der Waals surface area contributed by atoms with Crippen molar-refractivity contribution in [2.75, 3.05) is 13.1 Å². The van der Waals surface area contributed by atoms with E-state index in [1.54, 1.807) is 4.90 Å². The molecule has 6 nitrogen and oxygen atoms in total. The number of nitrogens with zero attached hydrogens (tertiary/aromatic N) is 1. The number of hydrogen-bond acceptors (Lipinski definition) is 3. The molecule has 1 aromatic carbocycles. The molecule has 128 valence electrons. The molecule has 3 rings (SSSR count). The molecule has 2 saturated heterocycles.